The standard InChI is InChI=1S/C10H17F3N4O/c11-10(12,13)9-18-8-2-4-14-3-1-6-17-7-5-15-16-17/h5,7,14H,1-4,6,8-9H2. The number of hydrogen-bond acceptors (Lipinski definition) is 4. The molecule has 0 unspecified atom stereocenters. The van der Waals surface area contributed by atoms with Crippen molar-refractivity contribution in [2.45, 2.75) is 25.6 Å². The number of ether oxygens (including phenoxy) is 1. The van der Waals surface area contributed by atoms with Crippen molar-refractivity contribution in [1.29, 1.82) is 0 Å². The van der Waals surface area contributed by atoms with Crippen molar-refractivity contribution < 1.29 is 17.9 Å². The van der Waals surface area contributed by atoms with Gasteiger partial charge in [0, 0.05) is 19.3 Å². The fourth-order valence-corrected chi connectivity index (χ4v) is 1.33. The van der Waals surface area contributed by atoms with Crippen LogP contribution in [0, 0.1) is 0 Å². The van der Waals surface area contributed by atoms with Crippen LogP contribution in [-0.4, -0.2) is 47.5 Å². The minimum atomic E-state index is -4.23. The highest BCUT2D eigenvalue weighted by Gasteiger charge is 2.27. The fraction of sp³-hybridized carbons (Fsp3) is 0.800. The highest BCUT2D eigenvalue weighted by atomic mass is 19.4. The Morgan fingerprint density at radius 2 is 2.00 bits per heavy atom. The first-order chi connectivity index (χ1) is 8.58. The lowest BCUT2D eigenvalue weighted by Crippen LogP contribution is -2.21. The average Bonchev–Trinajstić information content (AvgIpc) is 2.78. The van der Waals surface area contributed by atoms with E-state index in [-0.39, 0.29) is 6.61 Å². The van der Waals surface area contributed by atoms with Gasteiger partial charge in [0.25, 0.3) is 0 Å². The van der Waals surface area contributed by atoms with E-state index in [0.29, 0.717) is 13.0 Å². The van der Waals surface area contributed by atoms with Crippen molar-refractivity contribution in [3.8, 4) is 0 Å². The van der Waals surface area contributed by atoms with Crippen LogP contribution in [0.5, 0.6) is 0 Å². The van der Waals surface area contributed by atoms with Gasteiger partial charge in [0.1, 0.15) is 6.61 Å². The lowest BCUT2D eigenvalue weighted by Gasteiger charge is -2.08. The average molecular weight is 266 g/mol. The number of alkyl halides is 3. The first kappa shape index (κ1) is 14.9. The topological polar surface area (TPSA) is 52.0 Å². The Hall–Kier alpha value is -1.15. The van der Waals surface area contributed by atoms with Crippen LogP contribution in [0.15, 0.2) is 12.4 Å². The maximum Gasteiger partial charge on any atom is 0.411 e. The summed E-state index contributed by atoms with van der Waals surface area (Å²) in [5, 5.41) is 10.6. The molecule has 0 radical (unpaired) electrons. The SMILES string of the molecule is FC(F)(F)COCCCNCCCn1ccnn1. The molecule has 0 atom stereocenters. The molecule has 5 nitrogen and oxygen atoms in total. The zero-order chi connectivity index (χ0) is 13.3. The molecule has 0 fully saturated rings. The van der Waals surface area contributed by atoms with E-state index in [4.69, 9.17) is 0 Å². The molecule has 18 heavy (non-hydrogen) atoms. The number of rotatable bonds is 9. The minimum Gasteiger partial charge on any atom is -0.372 e. The summed E-state index contributed by atoms with van der Waals surface area (Å²) in [6.07, 6.45) is 0.633. The van der Waals surface area contributed by atoms with Crippen molar-refractivity contribution in [3.63, 3.8) is 0 Å². The Bertz CT molecular complexity index is 303. The number of hydrogen-bond donors (Lipinski definition) is 1. The summed E-state index contributed by atoms with van der Waals surface area (Å²) in [4.78, 5) is 0. The summed E-state index contributed by atoms with van der Waals surface area (Å²) in [5.74, 6) is 0. The van der Waals surface area contributed by atoms with E-state index in [9.17, 15) is 13.2 Å². The summed E-state index contributed by atoms with van der Waals surface area (Å²) in [6, 6.07) is 0. The van der Waals surface area contributed by atoms with Crippen LogP contribution in [0.25, 0.3) is 0 Å². The van der Waals surface area contributed by atoms with Gasteiger partial charge in [0.15, 0.2) is 0 Å². The highest BCUT2D eigenvalue weighted by molar-refractivity contribution is 4.63. The monoisotopic (exact) mass is 266 g/mol. The summed E-state index contributed by atoms with van der Waals surface area (Å²) in [7, 11) is 0. The zero-order valence-electron chi connectivity index (χ0n) is 9.99. The molecule has 0 aliphatic rings. The van der Waals surface area contributed by atoms with E-state index in [2.05, 4.69) is 20.4 Å². The van der Waals surface area contributed by atoms with Crippen LogP contribution in [-0.2, 0) is 11.3 Å². The fourth-order valence-electron chi connectivity index (χ4n) is 1.33. The lowest BCUT2D eigenvalue weighted by atomic mass is 10.4. The smallest absolute Gasteiger partial charge is 0.372 e. The lowest BCUT2D eigenvalue weighted by molar-refractivity contribution is -0.173. The molecule has 0 spiro atoms. The molecule has 0 saturated heterocycles. The van der Waals surface area contributed by atoms with Crippen LogP contribution < -0.4 is 5.32 Å². The van der Waals surface area contributed by atoms with Crippen LogP contribution in [0.1, 0.15) is 12.8 Å². The first-order valence-corrected chi connectivity index (χ1v) is 5.77. The second-order valence-corrected chi connectivity index (χ2v) is 3.79. The number of aryl methyl sites for hydroxylation is 1. The molecule has 1 aromatic heterocycles. The molecule has 1 rings (SSSR count). The Labute approximate surface area is 103 Å². The molecule has 1 N–H and O–H groups in total. The van der Waals surface area contributed by atoms with E-state index in [1.807, 2.05) is 0 Å². The second kappa shape index (κ2) is 8.04. The number of nitrogens with one attached hydrogen (secondary N) is 1. The van der Waals surface area contributed by atoms with E-state index >= 15 is 0 Å². The van der Waals surface area contributed by atoms with Gasteiger partial charge in [-0.1, -0.05) is 5.21 Å². The van der Waals surface area contributed by atoms with Gasteiger partial charge in [-0.05, 0) is 25.9 Å². The maximum atomic E-state index is 11.7. The van der Waals surface area contributed by atoms with Crippen LogP contribution in [0.4, 0.5) is 13.2 Å². The van der Waals surface area contributed by atoms with Gasteiger partial charge >= 0.3 is 6.18 Å². The molecule has 1 aromatic rings. The third-order valence-electron chi connectivity index (χ3n) is 2.12. The van der Waals surface area contributed by atoms with Crippen molar-refractivity contribution >= 4 is 0 Å². The summed E-state index contributed by atoms with van der Waals surface area (Å²) < 4.78 is 41.3. The molecule has 0 amide bonds. The molecule has 8 heteroatoms. The van der Waals surface area contributed by atoms with E-state index in [1.165, 1.54) is 0 Å². The Morgan fingerprint density at radius 1 is 1.22 bits per heavy atom. The second-order valence-electron chi connectivity index (χ2n) is 3.79. The van der Waals surface area contributed by atoms with Crippen molar-refractivity contribution in [2.75, 3.05) is 26.3 Å². The van der Waals surface area contributed by atoms with Gasteiger partial charge in [0.2, 0.25) is 0 Å². The third-order valence-corrected chi connectivity index (χ3v) is 2.12. The van der Waals surface area contributed by atoms with E-state index in [1.54, 1.807) is 17.1 Å². The van der Waals surface area contributed by atoms with Gasteiger partial charge in [-0.2, -0.15) is 13.2 Å². The maximum absolute atomic E-state index is 11.7. The molecule has 0 saturated carbocycles. The number of aromatic nitrogens is 3. The van der Waals surface area contributed by atoms with Crippen molar-refractivity contribution in [3.05, 3.63) is 12.4 Å². The van der Waals surface area contributed by atoms with E-state index < -0.39 is 12.8 Å². The van der Waals surface area contributed by atoms with Gasteiger partial charge in [-0.15, -0.1) is 5.10 Å². The third kappa shape index (κ3) is 8.02. The largest absolute Gasteiger partial charge is 0.411 e. The number of halogens is 3. The van der Waals surface area contributed by atoms with E-state index in [0.717, 1.165) is 19.5 Å². The molecule has 104 valence electrons. The molecular weight excluding hydrogens is 249 g/mol. The van der Waals surface area contributed by atoms with Crippen LogP contribution >= 0.6 is 0 Å². The van der Waals surface area contributed by atoms with Gasteiger partial charge in [-0.25, -0.2) is 0 Å². The van der Waals surface area contributed by atoms with Crippen molar-refractivity contribution in [1.82, 2.24) is 20.3 Å². The quantitative estimate of drug-likeness (QED) is 0.683. The predicted octanol–water partition coefficient (Wildman–Crippen LogP) is 1.23. The molecule has 1 heterocycles. The van der Waals surface area contributed by atoms with Crippen LogP contribution in [0.3, 0.4) is 0 Å². The molecule has 0 aliphatic carbocycles. The Morgan fingerprint density at radius 3 is 2.67 bits per heavy atom. The molecule has 0 bridgehead atoms. The van der Waals surface area contributed by atoms with Gasteiger partial charge < -0.3 is 10.1 Å². The Balaban J connectivity index is 1.82. The summed E-state index contributed by atoms with van der Waals surface area (Å²) in [5.41, 5.74) is 0. The minimum absolute atomic E-state index is 0.121. The first-order valence-electron chi connectivity index (χ1n) is 5.77. The molecule has 0 aliphatic heterocycles. The number of nitrogens with zero attached hydrogens (tertiary/aromatic N) is 3. The zero-order valence-corrected chi connectivity index (χ0v) is 9.99. The highest BCUT2D eigenvalue weighted by Crippen LogP contribution is 2.14. The van der Waals surface area contributed by atoms with Crippen LogP contribution in [0.2, 0.25) is 0 Å². The summed E-state index contributed by atoms with van der Waals surface area (Å²) >= 11 is 0. The van der Waals surface area contributed by atoms with Gasteiger partial charge in [0.05, 0.1) is 6.20 Å². The predicted molar refractivity (Wildman–Crippen MR) is 59.0 cm³/mol. The Kier molecular flexibility index (Phi) is 6.66. The van der Waals surface area contributed by atoms with Crippen molar-refractivity contribution in [2.24, 2.45) is 0 Å². The molecular formula is C10H17F3N4O. The summed E-state index contributed by atoms with van der Waals surface area (Å²) in [6.45, 7) is 1.17. The van der Waals surface area contributed by atoms with Gasteiger partial charge in [-0.3, -0.25) is 4.68 Å². The normalized spacial score (nSPS) is 11.9. The molecule has 0 aromatic carbocycles.